The Bertz CT molecular complexity index is 665. The number of nitrogens with one attached hydrogen (secondary N) is 2. The van der Waals surface area contributed by atoms with Crippen LogP contribution in [0, 0.1) is 0 Å². The summed E-state index contributed by atoms with van der Waals surface area (Å²) < 4.78 is 24.0. The van der Waals surface area contributed by atoms with Crippen molar-refractivity contribution >= 4 is 21.7 Å². The van der Waals surface area contributed by atoms with E-state index in [1.807, 2.05) is 0 Å². The normalized spacial score (nSPS) is 18.3. The van der Waals surface area contributed by atoms with E-state index < -0.39 is 21.1 Å². The lowest BCUT2D eigenvalue weighted by molar-refractivity contribution is -0.125. The third kappa shape index (κ3) is 3.65. The fraction of sp³-hybridized carbons (Fsp3) is 0.467. The summed E-state index contributed by atoms with van der Waals surface area (Å²) >= 11 is 0. The monoisotopic (exact) mass is 324 g/mol. The molecule has 1 heterocycles. The summed E-state index contributed by atoms with van der Waals surface area (Å²) in [5, 5.41) is 4.87. The molecule has 2 N–H and O–H groups in total. The standard InChI is InChI=1S/C15H20N2O4S/c1-10(2)22(20,21)12-5-3-11(4-6-12)9-16-15(19)13-7-8-14(18)17-13/h3-6,10,13H,7-9H2,1-2H3,(H,16,19)(H,17,18). The molecule has 1 aromatic rings. The Labute approximate surface area is 130 Å². The van der Waals surface area contributed by atoms with Gasteiger partial charge in [0.25, 0.3) is 0 Å². The maximum Gasteiger partial charge on any atom is 0.242 e. The molecule has 1 aliphatic heterocycles. The van der Waals surface area contributed by atoms with Crippen LogP contribution in [0.1, 0.15) is 32.3 Å². The number of carbonyl (C=O) groups is 2. The minimum atomic E-state index is -3.28. The van der Waals surface area contributed by atoms with Crippen molar-refractivity contribution in [3.8, 4) is 0 Å². The minimum absolute atomic E-state index is 0.108. The van der Waals surface area contributed by atoms with Crippen LogP contribution < -0.4 is 10.6 Å². The average Bonchev–Trinajstić information content (AvgIpc) is 2.91. The van der Waals surface area contributed by atoms with E-state index in [4.69, 9.17) is 0 Å². The van der Waals surface area contributed by atoms with Crippen LogP contribution in [-0.2, 0) is 26.0 Å². The first kappa shape index (κ1) is 16.5. The average molecular weight is 324 g/mol. The van der Waals surface area contributed by atoms with Crippen molar-refractivity contribution in [2.24, 2.45) is 0 Å². The Morgan fingerprint density at radius 2 is 1.95 bits per heavy atom. The maximum absolute atomic E-state index is 12.0. The molecule has 0 radical (unpaired) electrons. The Hall–Kier alpha value is -1.89. The molecule has 1 aromatic carbocycles. The SMILES string of the molecule is CC(C)S(=O)(=O)c1ccc(CNC(=O)C2CCC(=O)N2)cc1. The van der Waals surface area contributed by atoms with Crippen LogP contribution >= 0.6 is 0 Å². The number of carbonyl (C=O) groups excluding carboxylic acids is 2. The fourth-order valence-electron chi connectivity index (χ4n) is 2.19. The van der Waals surface area contributed by atoms with Crippen LogP contribution in [-0.4, -0.2) is 31.5 Å². The number of hydrogen-bond donors (Lipinski definition) is 2. The van der Waals surface area contributed by atoms with Gasteiger partial charge in [0.2, 0.25) is 11.8 Å². The van der Waals surface area contributed by atoms with Crippen molar-refractivity contribution in [2.45, 2.75) is 49.4 Å². The van der Waals surface area contributed by atoms with E-state index in [1.54, 1.807) is 38.1 Å². The van der Waals surface area contributed by atoms with Gasteiger partial charge in [0.05, 0.1) is 10.1 Å². The summed E-state index contributed by atoms with van der Waals surface area (Å²) in [5.41, 5.74) is 0.806. The summed E-state index contributed by atoms with van der Waals surface area (Å²) in [4.78, 5) is 23.2. The lowest BCUT2D eigenvalue weighted by Gasteiger charge is -2.12. The highest BCUT2D eigenvalue weighted by molar-refractivity contribution is 7.92. The summed E-state index contributed by atoms with van der Waals surface area (Å²) in [6, 6.07) is 6.00. The summed E-state index contributed by atoms with van der Waals surface area (Å²) in [7, 11) is -3.28. The van der Waals surface area contributed by atoms with Crippen molar-refractivity contribution < 1.29 is 18.0 Å². The molecule has 1 saturated heterocycles. The summed E-state index contributed by atoms with van der Waals surface area (Å²) in [6.07, 6.45) is 0.885. The lowest BCUT2D eigenvalue weighted by Crippen LogP contribution is -2.41. The number of sulfone groups is 1. The van der Waals surface area contributed by atoms with Gasteiger partial charge in [-0.05, 0) is 38.0 Å². The number of hydrogen-bond acceptors (Lipinski definition) is 4. The number of benzene rings is 1. The molecule has 1 atom stereocenters. The van der Waals surface area contributed by atoms with Crippen LogP contribution in [0.5, 0.6) is 0 Å². The van der Waals surface area contributed by atoms with Crippen LogP contribution in [0.2, 0.25) is 0 Å². The van der Waals surface area contributed by atoms with Gasteiger partial charge < -0.3 is 10.6 Å². The van der Waals surface area contributed by atoms with Crippen LogP contribution in [0.25, 0.3) is 0 Å². The van der Waals surface area contributed by atoms with Crippen LogP contribution in [0.3, 0.4) is 0 Å². The van der Waals surface area contributed by atoms with E-state index >= 15 is 0 Å². The van der Waals surface area contributed by atoms with Crippen molar-refractivity contribution in [2.75, 3.05) is 0 Å². The summed E-state index contributed by atoms with van der Waals surface area (Å²) in [6.45, 7) is 3.58. The molecule has 1 fully saturated rings. The molecular formula is C15H20N2O4S. The molecule has 1 aliphatic rings. The highest BCUT2D eigenvalue weighted by atomic mass is 32.2. The smallest absolute Gasteiger partial charge is 0.242 e. The predicted molar refractivity (Wildman–Crippen MR) is 81.8 cm³/mol. The first-order valence-corrected chi connectivity index (χ1v) is 8.75. The van der Waals surface area contributed by atoms with Crippen LogP contribution in [0.15, 0.2) is 29.2 Å². The largest absolute Gasteiger partial charge is 0.350 e. The lowest BCUT2D eigenvalue weighted by atomic mass is 10.2. The number of amides is 2. The van der Waals surface area contributed by atoms with Gasteiger partial charge in [-0.1, -0.05) is 12.1 Å². The Balaban J connectivity index is 1.95. The van der Waals surface area contributed by atoms with Gasteiger partial charge in [-0.15, -0.1) is 0 Å². The van der Waals surface area contributed by atoms with Gasteiger partial charge in [-0.25, -0.2) is 8.42 Å². The topological polar surface area (TPSA) is 92.3 Å². The molecule has 120 valence electrons. The van der Waals surface area contributed by atoms with Gasteiger partial charge in [-0.2, -0.15) is 0 Å². The quantitative estimate of drug-likeness (QED) is 0.836. The molecular weight excluding hydrogens is 304 g/mol. The molecule has 2 rings (SSSR count). The highest BCUT2D eigenvalue weighted by Gasteiger charge is 2.26. The minimum Gasteiger partial charge on any atom is -0.350 e. The van der Waals surface area contributed by atoms with E-state index in [0.717, 1.165) is 5.56 Å². The molecule has 6 nitrogen and oxygen atoms in total. The molecule has 1 unspecified atom stereocenters. The first-order valence-electron chi connectivity index (χ1n) is 7.20. The van der Waals surface area contributed by atoms with Crippen LogP contribution in [0.4, 0.5) is 0 Å². The second-order valence-corrected chi connectivity index (χ2v) is 8.12. The number of rotatable bonds is 5. The van der Waals surface area contributed by atoms with Crippen molar-refractivity contribution in [3.05, 3.63) is 29.8 Å². The van der Waals surface area contributed by atoms with E-state index in [9.17, 15) is 18.0 Å². The first-order chi connectivity index (χ1) is 10.3. The maximum atomic E-state index is 12.0. The van der Waals surface area contributed by atoms with Gasteiger partial charge >= 0.3 is 0 Å². The molecule has 0 saturated carbocycles. The Morgan fingerprint density at radius 1 is 1.32 bits per heavy atom. The highest BCUT2D eigenvalue weighted by Crippen LogP contribution is 2.16. The van der Waals surface area contributed by atoms with E-state index in [2.05, 4.69) is 10.6 Å². The predicted octanol–water partition coefficient (Wildman–Crippen LogP) is 0.763. The van der Waals surface area contributed by atoms with E-state index in [0.29, 0.717) is 19.4 Å². The Morgan fingerprint density at radius 3 is 2.45 bits per heavy atom. The molecule has 22 heavy (non-hydrogen) atoms. The second kappa shape index (κ2) is 6.48. The second-order valence-electron chi connectivity index (χ2n) is 5.61. The Kier molecular flexibility index (Phi) is 4.85. The van der Waals surface area contributed by atoms with Gasteiger partial charge in [-0.3, -0.25) is 9.59 Å². The zero-order valence-electron chi connectivity index (χ0n) is 12.6. The third-order valence-corrected chi connectivity index (χ3v) is 5.82. The fourth-order valence-corrected chi connectivity index (χ4v) is 3.25. The molecule has 0 aliphatic carbocycles. The molecule has 2 amide bonds. The van der Waals surface area contributed by atoms with E-state index in [1.165, 1.54) is 0 Å². The summed E-state index contributed by atoms with van der Waals surface area (Å²) in [5.74, 6) is -0.326. The van der Waals surface area contributed by atoms with Crippen molar-refractivity contribution in [3.63, 3.8) is 0 Å². The molecule has 0 aromatic heterocycles. The molecule has 0 bridgehead atoms. The third-order valence-electron chi connectivity index (χ3n) is 3.65. The van der Waals surface area contributed by atoms with Crippen molar-refractivity contribution in [1.82, 2.24) is 10.6 Å². The van der Waals surface area contributed by atoms with Crippen molar-refractivity contribution in [1.29, 1.82) is 0 Å². The van der Waals surface area contributed by atoms with Gasteiger partial charge in [0.15, 0.2) is 9.84 Å². The van der Waals surface area contributed by atoms with E-state index in [-0.39, 0.29) is 16.7 Å². The van der Waals surface area contributed by atoms with Gasteiger partial charge in [0, 0.05) is 13.0 Å². The molecule has 0 spiro atoms. The zero-order valence-corrected chi connectivity index (χ0v) is 13.4. The van der Waals surface area contributed by atoms with Gasteiger partial charge in [0.1, 0.15) is 6.04 Å². The molecule has 7 heteroatoms. The zero-order chi connectivity index (χ0) is 16.3.